The molecule has 0 N–H and O–H groups in total. The smallest absolute Gasteiger partial charge is 0.195 e. The van der Waals surface area contributed by atoms with E-state index in [1.807, 2.05) is 42.6 Å². The predicted octanol–water partition coefficient (Wildman–Crippen LogP) is 4.31. The van der Waals surface area contributed by atoms with Crippen molar-refractivity contribution in [2.75, 3.05) is 0 Å². The number of rotatable bonds is 3. The third kappa shape index (κ3) is 2.53. The van der Waals surface area contributed by atoms with E-state index in [1.165, 1.54) is 11.3 Å². The Labute approximate surface area is 118 Å². The van der Waals surface area contributed by atoms with Crippen LogP contribution in [0.25, 0.3) is 0 Å². The Bertz CT molecular complexity index is 609. The number of hydrogen-bond donors (Lipinski definition) is 0. The lowest BCUT2D eigenvalue weighted by atomic mass is 9.94. The number of aryl methyl sites for hydroxylation is 1. The van der Waals surface area contributed by atoms with Gasteiger partial charge in [0.05, 0.1) is 10.9 Å². The zero-order valence-electron chi connectivity index (χ0n) is 9.68. The van der Waals surface area contributed by atoms with Gasteiger partial charge in [0.15, 0.2) is 5.78 Å². The van der Waals surface area contributed by atoms with Gasteiger partial charge in [0.1, 0.15) is 5.92 Å². The fourth-order valence-electron chi connectivity index (χ4n) is 1.64. The lowest BCUT2D eigenvalue weighted by Gasteiger charge is -2.08. The topological polar surface area (TPSA) is 40.9 Å². The summed E-state index contributed by atoms with van der Waals surface area (Å²) in [6, 6.07) is 11.4. The van der Waals surface area contributed by atoms with Crippen LogP contribution in [0.3, 0.4) is 0 Å². The van der Waals surface area contributed by atoms with E-state index in [0.29, 0.717) is 4.88 Å². The van der Waals surface area contributed by atoms with Crippen molar-refractivity contribution in [3.05, 3.63) is 56.2 Å². The van der Waals surface area contributed by atoms with Crippen LogP contribution in [0.1, 0.15) is 26.7 Å². The summed E-state index contributed by atoms with van der Waals surface area (Å²) in [7, 11) is 0. The van der Waals surface area contributed by atoms with Crippen molar-refractivity contribution in [2.24, 2.45) is 0 Å². The highest BCUT2D eigenvalue weighted by Crippen LogP contribution is 2.29. The molecule has 0 saturated carbocycles. The molecule has 0 aliphatic rings. The Balaban J connectivity index is 2.36. The maximum atomic E-state index is 12.3. The Hall–Kier alpha value is -1.44. The minimum Gasteiger partial charge on any atom is -0.291 e. The van der Waals surface area contributed by atoms with E-state index in [-0.39, 0.29) is 5.78 Å². The van der Waals surface area contributed by atoms with E-state index in [9.17, 15) is 10.1 Å². The molecule has 0 aliphatic carbocycles. The zero-order valence-corrected chi connectivity index (χ0v) is 12.1. The SMILES string of the molecule is Cc1ccc(C(C#N)C(=O)c2sccc2Br)cc1. The Morgan fingerprint density at radius 1 is 1.33 bits per heavy atom. The molecule has 4 heteroatoms. The van der Waals surface area contributed by atoms with Crippen molar-refractivity contribution in [1.82, 2.24) is 0 Å². The van der Waals surface area contributed by atoms with Crippen LogP contribution in [0.2, 0.25) is 0 Å². The van der Waals surface area contributed by atoms with Gasteiger partial charge in [0, 0.05) is 4.47 Å². The molecule has 1 unspecified atom stereocenters. The molecule has 0 spiro atoms. The summed E-state index contributed by atoms with van der Waals surface area (Å²) in [4.78, 5) is 12.9. The summed E-state index contributed by atoms with van der Waals surface area (Å²) in [5, 5.41) is 11.1. The van der Waals surface area contributed by atoms with Gasteiger partial charge in [-0.15, -0.1) is 11.3 Å². The van der Waals surface area contributed by atoms with Gasteiger partial charge in [-0.2, -0.15) is 5.26 Å². The number of carbonyl (C=O) groups excluding carboxylic acids is 1. The van der Waals surface area contributed by atoms with Gasteiger partial charge in [0.25, 0.3) is 0 Å². The molecule has 1 aromatic heterocycles. The molecule has 0 saturated heterocycles. The maximum Gasteiger partial charge on any atom is 0.195 e. The number of benzene rings is 1. The first kappa shape index (κ1) is 13.0. The zero-order chi connectivity index (χ0) is 13.1. The molecule has 0 aliphatic heterocycles. The molecule has 90 valence electrons. The van der Waals surface area contributed by atoms with Gasteiger partial charge in [-0.05, 0) is 39.9 Å². The molecule has 0 radical (unpaired) electrons. The van der Waals surface area contributed by atoms with Crippen molar-refractivity contribution >= 4 is 33.0 Å². The van der Waals surface area contributed by atoms with Gasteiger partial charge < -0.3 is 0 Å². The molecule has 1 aromatic carbocycles. The van der Waals surface area contributed by atoms with E-state index < -0.39 is 5.92 Å². The third-order valence-corrected chi connectivity index (χ3v) is 4.50. The second-order valence-corrected chi connectivity index (χ2v) is 5.71. The van der Waals surface area contributed by atoms with Crippen molar-refractivity contribution in [2.45, 2.75) is 12.8 Å². The Kier molecular flexibility index (Phi) is 3.95. The average Bonchev–Trinajstić information content (AvgIpc) is 2.78. The number of nitrogens with zero attached hydrogens (tertiary/aromatic N) is 1. The van der Waals surface area contributed by atoms with E-state index in [2.05, 4.69) is 22.0 Å². The van der Waals surface area contributed by atoms with Crippen LogP contribution in [0.4, 0.5) is 0 Å². The Morgan fingerprint density at radius 3 is 2.50 bits per heavy atom. The van der Waals surface area contributed by atoms with E-state index >= 15 is 0 Å². The number of thiophene rings is 1. The van der Waals surface area contributed by atoms with E-state index in [1.54, 1.807) is 0 Å². The standard InChI is InChI=1S/C14H10BrNOS/c1-9-2-4-10(5-3-9)11(8-16)13(17)14-12(15)6-7-18-14/h2-7,11H,1H3. The normalized spacial score (nSPS) is 11.8. The number of Topliss-reactive ketones (excluding diaryl/α,β-unsaturated/α-hetero) is 1. The summed E-state index contributed by atoms with van der Waals surface area (Å²) < 4.78 is 0.755. The monoisotopic (exact) mass is 319 g/mol. The van der Waals surface area contributed by atoms with Crippen molar-refractivity contribution in [3.8, 4) is 6.07 Å². The molecule has 2 nitrogen and oxygen atoms in total. The molecule has 0 fully saturated rings. The van der Waals surface area contributed by atoms with Gasteiger partial charge in [-0.3, -0.25) is 4.79 Å². The Morgan fingerprint density at radius 2 is 2.00 bits per heavy atom. The number of ketones is 1. The third-order valence-electron chi connectivity index (χ3n) is 2.64. The molecule has 1 atom stereocenters. The number of hydrogen-bond acceptors (Lipinski definition) is 3. The van der Waals surface area contributed by atoms with Crippen LogP contribution in [0, 0.1) is 18.3 Å². The summed E-state index contributed by atoms with van der Waals surface area (Å²) in [6.07, 6.45) is 0. The highest BCUT2D eigenvalue weighted by Gasteiger charge is 2.24. The van der Waals surface area contributed by atoms with E-state index in [0.717, 1.165) is 15.6 Å². The molecule has 2 rings (SSSR count). The van der Waals surface area contributed by atoms with Crippen LogP contribution in [0.5, 0.6) is 0 Å². The van der Waals surface area contributed by atoms with Crippen LogP contribution in [0.15, 0.2) is 40.2 Å². The highest BCUT2D eigenvalue weighted by atomic mass is 79.9. The van der Waals surface area contributed by atoms with Crippen molar-refractivity contribution in [1.29, 1.82) is 5.26 Å². The van der Waals surface area contributed by atoms with Gasteiger partial charge in [0.2, 0.25) is 0 Å². The molecule has 2 aromatic rings. The minimum atomic E-state index is -0.736. The molecule has 18 heavy (non-hydrogen) atoms. The first-order chi connectivity index (χ1) is 8.63. The fraction of sp³-hybridized carbons (Fsp3) is 0.143. The van der Waals surface area contributed by atoms with Gasteiger partial charge >= 0.3 is 0 Å². The molecule has 0 amide bonds. The van der Waals surface area contributed by atoms with Crippen LogP contribution < -0.4 is 0 Å². The largest absolute Gasteiger partial charge is 0.291 e. The molecule has 1 heterocycles. The number of halogens is 1. The first-order valence-electron chi connectivity index (χ1n) is 5.37. The first-order valence-corrected chi connectivity index (χ1v) is 7.04. The highest BCUT2D eigenvalue weighted by molar-refractivity contribution is 9.10. The molecular formula is C14H10BrNOS. The lowest BCUT2D eigenvalue weighted by Crippen LogP contribution is -2.10. The summed E-state index contributed by atoms with van der Waals surface area (Å²) in [6.45, 7) is 1.98. The summed E-state index contributed by atoms with van der Waals surface area (Å²) >= 11 is 4.68. The van der Waals surface area contributed by atoms with Gasteiger partial charge in [-0.25, -0.2) is 0 Å². The minimum absolute atomic E-state index is 0.150. The average molecular weight is 320 g/mol. The summed E-state index contributed by atoms with van der Waals surface area (Å²) in [5.74, 6) is -0.885. The van der Waals surface area contributed by atoms with Crippen molar-refractivity contribution in [3.63, 3.8) is 0 Å². The predicted molar refractivity (Wildman–Crippen MR) is 75.9 cm³/mol. The second kappa shape index (κ2) is 5.47. The second-order valence-electron chi connectivity index (χ2n) is 3.93. The fourth-order valence-corrected chi connectivity index (χ4v) is 3.18. The summed E-state index contributed by atoms with van der Waals surface area (Å²) in [5.41, 5.74) is 1.86. The van der Waals surface area contributed by atoms with Crippen molar-refractivity contribution < 1.29 is 4.79 Å². The van der Waals surface area contributed by atoms with Crippen LogP contribution in [-0.2, 0) is 0 Å². The quantitative estimate of drug-likeness (QED) is 0.791. The maximum absolute atomic E-state index is 12.3. The molecule has 0 bridgehead atoms. The van der Waals surface area contributed by atoms with E-state index in [4.69, 9.17) is 0 Å². The lowest BCUT2D eigenvalue weighted by molar-refractivity contribution is 0.0982. The van der Waals surface area contributed by atoms with Gasteiger partial charge in [-0.1, -0.05) is 29.8 Å². The van der Waals surface area contributed by atoms with Crippen LogP contribution in [-0.4, -0.2) is 5.78 Å². The number of carbonyl (C=O) groups is 1. The van der Waals surface area contributed by atoms with Crippen LogP contribution >= 0.6 is 27.3 Å². The molecular weight excluding hydrogens is 310 g/mol. The number of nitriles is 1.